The van der Waals surface area contributed by atoms with Gasteiger partial charge in [0.2, 0.25) is 5.91 Å². The summed E-state index contributed by atoms with van der Waals surface area (Å²) in [6, 6.07) is 0. The van der Waals surface area contributed by atoms with Crippen LogP contribution in [0.4, 0.5) is 0 Å². The first-order valence-electron chi connectivity index (χ1n) is 7.93. The van der Waals surface area contributed by atoms with Crippen LogP contribution in [0.1, 0.15) is 29.1 Å². The van der Waals surface area contributed by atoms with Crippen molar-refractivity contribution in [2.45, 2.75) is 38.6 Å². The van der Waals surface area contributed by atoms with Gasteiger partial charge in [0.05, 0.1) is 12.0 Å². The number of nitrogens with zero attached hydrogens (tertiary/aromatic N) is 1. The fourth-order valence-electron chi connectivity index (χ4n) is 2.86. The molecule has 1 aliphatic heterocycles. The Balaban J connectivity index is 1.71. The first-order chi connectivity index (χ1) is 11.8. The lowest BCUT2D eigenvalue weighted by molar-refractivity contribution is -0.147. The molecule has 0 aliphatic carbocycles. The number of aliphatic carboxylic acids is 1. The van der Waals surface area contributed by atoms with Crippen LogP contribution in [0.15, 0.2) is 4.79 Å². The van der Waals surface area contributed by atoms with Gasteiger partial charge in [-0.05, 0) is 19.4 Å². The van der Waals surface area contributed by atoms with E-state index in [1.165, 1.54) is 11.3 Å². The number of H-pyrrole nitrogens is 1. The number of fused-ring (bicyclic) bond motifs is 1. The number of carbonyl (C=O) groups is 2. The van der Waals surface area contributed by atoms with E-state index in [0.717, 1.165) is 10.4 Å². The number of thiophene rings is 1. The van der Waals surface area contributed by atoms with E-state index in [2.05, 4.69) is 15.3 Å². The van der Waals surface area contributed by atoms with Crippen molar-refractivity contribution in [2.75, 3.05) is 13.2 Å². The first-order valence-corrected chi connectivity index (χ1v) is 8.75. The molecule has 3 heterocycles. The van der Waals surface area contributed by atoms with Crippen LogP contribution in [0.2, 0.25) is 0 Å². The third-order valence-corrected chi connectivity index (χ3v) is 5.59. The lowest BCUT2D eigenvalue weighted by atomic mass is 9.98. The maximum absolute atomic E-state index is 12.2. The van der Waals surface area contributed by atoms with E-state index >= 15 is 0 Å². The summed E-state index contributed by atoms with van der Waals surface area (Å²) in [4.78, 5) is 44.6. The maximum Gasteiger partial charge on any atom is 0.331 e. The Labute approximate surface area is 147 Å². The molecule has 2 aromatic heterocycles. The molecule has 1 fully saturated rings. The predicted octanol–water partition coefficient (Wildman–Crippen LogP) is 0.894. The number of hydrogen-bond donors (Lipinski definition) is 3. The second-order valence-electron chi connectivity index (χ2n) is 6.21. The van der Waals surface area contributed by atoms with Crippen LogP contribution < -0.4 is 10.9 Å². The van der Waals surface area contributed by atoms with Gasteiger partial charge >= 0.3 is 5.97 Å². The second kappa shape index (κ2) is 6.57. The highest BCUT2D eigenvalue weighted by Crippen LogP contribution is 2.25. The van der Waals surface area contributed by atoms with Crippen LogP contribution in [0.3, 0.4) is 0 Å². The summed E-state index contributed by atoms with van der Waals surface area (Å²) < 4.78 is 5.11. The largest absolute Gasteiger partial charge is 0.479 e. The van der Waals surface area contributed by atoms with E-state index in [1.807, 2.05) is 13.8 Å². The van der Waals surface area contributed by atoms with Gasteiger partial charge in [-0.15, -0.1) is 11.3 Å². The first kappa shape index (κ1) is 17.6. The van der Waals surface area contributed by atoms with Crippen molar-refractivity contribution < 1.29 is 19.4 Å². The minimum absolute atomic E-state index is 0.0345. The summed E-state index contributed by atoms with van der Waals surface area (Å²) in [5, 5.41) is 12.5. The van der Waals surface area contributed by atoms with Crippen molar-refractivity contribution >= 4 is 33.4 Å². The number of hydrogen-bond acceptors (Lipinski definition) is 6. The molecule has 1 atom stereocenters. The van der Waals surface area contributed by atoms with E-state index in [-0.39, 0.29) is 31.4 Å². The summed E-state index contributed by atoms with van der Waals surface area (Å²) in [5.41, 5.74) is -0.653. The van der Waals surface area contributed by atoms with Crippen LogP contribution in [0, 0.1) is 13.8 Å². The molecule has 0 bridgehead atoms. The van der Waals surface area contributed by atoms with Crippen molar-refractivity contribution in [1.29, 1.82) is 0 Å². The minimum Gasteiger partial charge on any atom is -0.479 e. The lowest BCUT2D eigenvalue weighted by Gasteiger charge is -2.23. The van der Waals surface area contributed by atoms with Crippen molar-refractivity contribution in [3.63, 3.8) is 0 Å². The topological polar surface area (TPSA) is 121 Å². The molecular formula is C16H19N3O5S. The van der Waals surface area contributed by atoms with Crippen molar-refractivity contribution in [1.82, 2.24) is 15.3 Å². The number of carboxylic acid groups (broad SMARTS) is 1. The minimum atomic E-state index is -1.36. The predicted molar refractivity (Wildman–Crippen MR) is 92.0 cm³/mol. The Morgan fingerprint density at radius 1 is 1.44 bits per heavy atom. The van der Waals surface area contributed by atoms with Gasteiger partial charge in [-0.1, -0.05) is 0 Å². The summed E-state index contributed by atoms with van der Waals surface area (Å²) in [5.74, 6) is -1.09. The Kier molecular flexibility index (Phi) is 4.61. The third-order valence-electron chi connectivity index (χ3n) is 4.49. The summed E-state index contributed by atoms with van der Waals surface area (Å²) in [6.07, 6.45) is 0.499. The Hall–Kier alpha value is -2.26. The highest BCUT2D eigenvalue weighted by molar-refractivity contribution is 7.18. The van der Waals surface area contributed by atoms with Gasteiger partial charge in [0.15, 0.2) is 5.54 Å². The number of carboxylic acids is 1. The van der Waals surface area contributed by atoms with E-state index in [1.54, 1.807) is 0 Å². The fraction of sp³-hybridized carbons (Fsp3) is 0.500. The smallest absolute Gasteiger partial charge is 0.331 e. The van der Waals surface area contributed by atoms with Crippen LogP contribution in [0.25, 0.3) is 10.2 Å². The lowest BCUT2D eigenvalue weighted by Crippen LogP contribution is -2.55. The summed E-state index contributed by atoms with van der Waals surface area (Å²) in [6.45, 7) is 4.08. The van der Waals surface area contributed by atoms with Crippen LogP contribution in [-0.4, -0.2) is 45.7 Å². The highest BCUT2D eigenvalue weighted by Gasteiger charge is 2.43. The maximum atomic E-state index is 12.2. The van der Waals surface area contributed by atoms with Gasteiger partial charge in [-0.25, -0.2) is 9.78 Å². The number of carbonyl (C=O) groups excluding carboxylic acids is 1. The number of amides is 1. The SMILES string of the molecule is Cc1sc2nc(CCC(=O)NC3(C(=O)O)CCOC3)[nH]c(=O)c2c1C. The summed E-state index contributed by atoms with van der Waals surface area (Å²) >= 11 is 1.44. The van der Waals surface area contributed by atoms with E-state index in [4.69, 9.17) is 4.74 Å². The standard InChI is InChI=1S/C16H19N3O5S/c1-8-9(2)25-14-12(8)13(21)17-10(18-14)3-4-11(20)19-16(15(22)23)5-6-24-7-16/h3-7H2,1-2H3,(H,19,20)(H,22,23)(H,17,18,21). The Morgan fingerprint density at radius 3 is 2.84 bits per heavy atom. The number of ether oxygens (including phenoxy) is 1. The molecule has 2 aromatic rings. The molecule has 25 heavy (non-hydrogen) atoms. The van der Waals surface area contributed by atoms with E-state index < -0.39 is 17.4 Å². The zero-order chi connectivity index (χ0) is 18.2. The molecule has 3 rings (SSSR count). The average Bonchev–Trinajstić information content (AvgIpc) is 3.12. The fourth-order valence-corrected chi connectivity index (χ4v) is 3.91. The normalized spacial score (nSPS) is 20.1. The molecule has 9 heteroatoms. The number of nitrogens with one attached hydrogen (secondary N) is 2. The van der Waals surface area contributed by atoms with Crippen LogP contribution >= 0.6 is 11.3 Å². The van der Waals surface area contributed by atoms with Crippen LogP contribution in [-0.2, 0) is 20.7 Å². The Morgan fingerprint density at radius 2 is 2.20 bits per heavy atom. The molecule has 8 nitrogen and oxygen atoms in total. The molecule has 0 spiro atoms. The molecule has 0 aromatic carbocycles. The van der Waals surface area contributed by atoms with Gasteiger partial charge < -0.3 is 20.1 Å². The molecule has 1 amide bonds. The summed E-state index contributed by atoms with van der Waals surface area (Å²) in [7, 11) is 0. The number of aromatic nitrogens is 2. The molecular weight excluding hydrogens is 346 g/mol. The van der Waals surface area contributed by atoms with Crippen LogP contribution in [0.5, 0.6) is 0 Å². The van der Waals surface area contributed by atoms with E-state index in [0.29, 0.717) is 22.6 Å². The van der Waals surface area contributed by atoms with Gasteiger partial charge in [0.25, 0.3) is 5.56 Å². The molecule has 1 saturated heterocycles. The quantitative estimate of drug-likeness (QED) is 0.724. The molecule has 3 N–H and O–H groups in total. The zero-order valence-electron chi connectivity index (χ0n) is 14.0. The second-order valence-corrected chi connectivity index (χ2v) is 7.42. The van der Waals surface area contributed by atoms with Gasteiger partial charge in [-0.2, -0.15) is 0 Å². The molecule has 134 valence electrons. The van der Waals surface area contributed by atoms with Crippen molar-refractivity contribution in [3.8, 4) is 0 Å². The number of aromatic amines is 1. The number of rotatable bonds is 5. The van der Waals surface area contributed by atoms with Crippen molar-refractivity contribution in [3.05, 3.63) is 26.6 Å². The highest BCUT2D eigenvalue weighted by atomic mass is 32.1. The molecule has 0 saturated carbocycles. The van der Waals surface area contributed by atoms with Gasteiger partial charge in [0, 0.05) is 30.7 Å². The zero-order valence-corrected chi connectivity index (χ0v) is 14.8. The molecule has 1 aliphatic rings. The third kappa shape index (κ3) is 3.29. The van der Waals surface area contributed by atoms with Gasteiger partial charge in [0.1, 0.15) is 10.7 Å². The van der Waals surface area contributed by atoms with Gasteiger partial charge in [-0.3, -0.25) is 9.59 Å². The van der Waals surface area contributed by atoms with E-state index in [9.17, 15) is 19.5 Å². The molecule has 0 radical (unpaired) electrons. The van der Waals surface area contributed by atoms with Crippen molar-refractivity contribution in [2.24, 2.45) is 0 Å². The monoisotopic (exact) mass is 365 g/mol. The molecule has 1 unspecified atom stereocenters. The number of aryl methyl sites for hydroxylation is 3. The average molecular weight is 365 g/mol. The Bertz CT molecular complexity index is 895.